The molecule has 1 atom stereocenters. The number of nitrogens with zero attached hydrogens (tertiary/aromatic N) is 3. The molecule has 9 heteroatoms. The molecule has 1 aromatic heterocycles. The smallest absolute Gasteiger partial charge is 0.366 e. The Bertz CT molecular complexity index is 840. The zero-order chi connectivity index (χ0) is 19.4. The lowest BCUT2D eigenvalue weighted by molar-refractivity contribution is -0.389. The number of nitrogen functional groups attached to an aromatic ring is 1. The van der Waals surface area contributed by atoms with E-state index in [0.29, 0.717) is 43.2 Å². The number of nitrogens with two attached hydrogens (primary N) is 1. The van der Waals surface area contributed by atoms with Crippen LogP contribution in [0.5, 0.6) is 11.5 Å². The molecule has 1 aromatic carbocycles. The fourth-order valence-corrected chi connectivity index (χ4v) is 2.75. The standard InChI is InChI=1S/C18H20N4O5/c1-2-14-18(23)21(10-3-11-26-13-6-4-12(19)5-7-13)17-15(27-14)8-9-16(20-17)22(24)25/h4-9,14H,2-3,10-11,19H2,1H3. The van der Waals surface area contributed by atoms with Gasteiger partial charge in [0.05, 0.1) is 6.61 Å². The summed E-state index contributed by atoms with van der Waals surface area (Å²) in [5.74, 6) is 0.629. The molecule has 142 valence electrons. The first-order valence-electron chi connectivity index (χ1n) is 8.61. The highest BCUT2D eigenvalue weighted by molar-refractivity contribution is 5.99. The molecule has 0 saturated carbocycles. The normalized spacial score (nSPS) is 15.8. The van der Waals surface area contributed by atoms with Gasteiger partial charge in [-0.25, -0.2) is 0 Å². The molecule has 9 nitrogen and oxygen atoms in total. The first kappa shape index (κ1) is 18.4. The first-order chi connectivity index (χ1) is 13.0. The number of anilines is 2. The number of hydrogen-bond donors (Lipinski definition) is 1. The van der Waals surface area contributed by atoms with Gasteiger partial charge in [-0.15, -0.1) is 0 Å². The van der Waals surface area contributed by atoms with Gasteiger partial charge in [0.2, 0.25) is 0 Å². The van der Waals surface area contributed by atoms with Gasteiger partial charge in [0, 0.05) is 18.3 Å². The van der Waals surface area contributed by atoms with Gasteiger partial charge in [-0.1, -0.05) is 6.92 Å². The fraction of sp³-hybridized carbons (Fsp3) is 0.333. The maximum Gasteiger partial charge on any atom is 0.366 e. The minimum Gasteiger partial charge on any atom is -0.494 e. The van der Waals surface area contributed by atoms with E-state index in [1.807, 2.05) is 6.92 Å². The van der Waals surface area contributed by atoms with Crippen LogP contribution in [0.4, 0.5) is 17.3 Å². The number of ether oxygens (including phenoxy) is 2. The summed E-state index contributed by atoms with van der Waals surface area (Å²) < 4.78 is 11.3. The number of nitro groups is 1. The van der Waals surface area contributed by atoms with Crippen LogP contribution >= 0.6 is 0 Å². The third-order valence-corrected chi connectivity index (χ3v) is 4.12. The predicted octanol–water partition coefficient (Wildman–Crippen LogP) is 2.55. The van der Waals surface area contributed by atoms with Crippen LogP contribution in [-0.2, 0) is 4.79 Å². The molecular formula is C18H20N4O5. The SMILES string of the molecule is CCC1Oc2ccc([N+](=O)[O-])nc2N(CCCOc2ccc(N)cc2)C1=O. The summed E-state index contributed by atoms with van der Waals surface area (Å²) in [5.41, 5.74) is 6.28. The van der Waals surface area contributed by atoms with E-state index in [-0.39, 0.29) is 17.5 Å². The molecule has 2 aromatic rings. The van der Waals surface area contributed by atoms with Crippen LogP contribution in [0.15, 0.2) is 36.4 Å². The van der Waals surface area contributed by atoms with E-state index < -0.39 is 11.0 Å². The van der Waals surface area contributed by atoms with Crippen molar-refractivity contribution in [2.75, 3.05) is 23.8 Å². The van der Waals surface area contributed by atoms with Crippen molar-refractivity contribution in [1.29, 1.82) is 0 Å². The Balaban J connectivity index is 1.70. The summed E-state index contributed by atoms with van der Waals surface area (Å²) in [6.07, 6.45) is 0.392. The van der Waals surface area contributed by atoms with E-state index in [9.17, 15) is 14.9 Å². The number of amides is 1. The quantitative estimate of drug-likeness (QED) is 0.343. The van der Waals surface area contributed by atoms with Crippen molar-refractivity contribution in [3.05, 3.63) is 46.5 Å². The Labute approximate surface area is 155 Å². The summed E-state index contributed by atoms with van der Waals surface area (Å²) in [5, 5.41) is 11.0. The van der Waals surface area contributed by atoms with E-state index in [1.165, 1.54) is 17.0 Å². The van der Waals surface area contributed by atoms with Gasteiger partial charge in [0.15, 0.2) is 11.9 Å². The number of carbonyl (C=O) groups excluding carboxylic acids is 1. The summed E-state index contributed by atoms with van der Waals surface area (Å²) in [4.78, 5) is 28.5. The molecule has 1 amide bonds. The van der Waals surface area contributed by atoms with E-state index in [1.54, 1.807) is 24.3 Å². The van der Waals surface area contributed by atoms with Gasteiger partial charge in [-0.05, 0) is 53.1 Å². The average molecular weight is 372 g/mol. The molecule has 0 saturated heterocycles. The largest absolute Gasteiger partial charge is 0.494 e. The van der Waals surface area contributed by atoms with Crippen molar-refractivity contribution in [3.8, 4) is 11.5 Å². The first-order valence-corrected chi connectivity index (χ1v) is 8.61. The average Bonchev–Trinajstić information content (AvgIpc) is 2.67. The van der Waals surface area contributed by atoms with Crippen LogP contribution in [0.25, 0.3) is 0 Å². The van der Waals surface area contributed by atoms with Crippen molar-refractivity contribution in [1.82, 2.24) is 4.98 Å². The Morgan fingerprint density at radius 3 is 2.70 bits per heavy atom. The molecule has 0 spiro atoms. The van der Waals surface area contributed by atoms with Crippen LogP contribution in [0, 0.1) is 10.1 Å². The Morgan fingerprint density at radius 1 is 1.30 bits per heavy atom. The zero-order valence-electron chi connectivity index (χ0n) is 14.8. The minimum absolute atomic E-state index is 0.173. The van der Waals surface area contributed by atoms with E-state index >= 15 is 0 Å². The summed E-state index contributed by atoms with van der Waals surface area (Å²) in [6, 6.07) is 9.76. The van der Waals surface area contributed by atoms with Crippen LogP contribution < -0.4 is 20.1 Å². The van der Waals surface area contributed by atoms with Gasteiger partial charge < -0.3 is 25.3 Å². The molecule has 27 heavy (non-hydrogen) atoms. The van der Waals surface area contributed by atoms with Crippen molar-refractivity contribution < 1.29 is 19.2 Å². The number of aromatic nitrogens is 1. The Hall–Kier alpha value is -3.36. The molecule has 2 N–H and O–H groups in total. The highest BCUT2D eigenvalue weighted by Gasteiger charge is 2.37. The number of carbonyl (C=O) groups is 1. The number of pyridine rings is 1. The maximum absolute atomic E-state index is 12.6. The summed E-state index contributed by atoms with van der Waals surface area (Å²) in [6.45, 7) is 2.53. The van der Waals surface area contributed by atoms with Gasteiger partial charge in [0.1, 0.15) is 5.75 Å². The van der Waals surface area contributed by atoms with Gasteiger partial charge in [-0.2, -0.15) is 0 Å². The molecule has 0 fully saturated rings. The Kier molecular flexibility index (Phi) is 5.39. The highest BCUT2D eigenvalue weighted by Crippen LogP contribution is 2.34. The summed E-state index contributed by atoms with van der Waals surface area (Å²) >= 11 is 0. The second-order valence-electron chi connectivity index (χ2n) is 6.02. The monoisotopic (exact) mass is 372 g/mol. The molecular weight excluding hydrogens is 352 g/mol. The lowest BCUT2D eigenvalue weighted by atomic mass is 10.2. The topological polar surface area (TPSA) is 121 Å². The molecule has 0 radical (unpaired) electrons. The number of rotatable bonds is 7. The zero-order valence-corrected chi connectivity index (χ0v) is 14.8. The molecule has 1 aliphatic rings. The number of benzene rings is 1. The second-order valence-corrected chi connectivity index (χ2v) is 6.02. The van der Waals surface area contributed by atoms with Gasteiger partial charge >= 0.3 is 5.82 Å². The van der Waals surface area contributed by atoms with E-state index in [0.717, 1.165) is 0 Å². The van der Waals surface area contributed by atoms with Crippen molar-refractivity contribution in [2.24, 2.45) is 0 Å². The minimum atomic E-state index is -0.626. The lowest BCUT2D eigenvalue weighted by Crippen LogP contribution is -2.46. The van der Waals surface area contributed by atoms with Gasteiger partial charge in [-0.3, -0.25) is 9.69 Å². The molecule has 2 heterocycles. The van der Waals surface area contributed by atoms with Crippen LogP contribution in [-0.4, -0.2) is 35.1 Å². The number of fused-ring (bicyclic) bond motifs is 1. The van der Waals surface area contributed by atoms with Crippen molar-refractivity contribution in [3.63, 3.8) is 0 Å². The predicted molar refractivity (Wildman–Crippen MR) is 98.9 cm³/mol. The van der Waals surface area contributed by atoms with Crippen LogP contribution in [0.1, 0.15) is 19.8 Å². The Morgan fingerprint density at radius 2 is 2.04 bits per heavy atom. The maximum atomic E-state index is 12.6. The van der Waals surface area contributed by atoms with Crippen LogP contribution in [0.2, 0.25) is 0 Å². The second kappa shape index (κ2) is 7.90. The fourth-order valence-electron chi connectivity index (χ4n) is 2.75. The molecule has 3 rings (SSSR count). The van der Waals surface area contributed by atoms with Crippen molar-refractivity contribution in [2.45, 2.75) is 25.9 Å². The lowest BCUT2D eigenvalue weighted by Gasteiger charge is -2.30. The molecule has 0 bridgehead atoms. The molecule has 1 unspecified atom stereocenters. The third kappa shape index (κ3) is 4.08. The van der Waals surface area contributed by atoms with Crippen LogP contribution in [0.3, 0.4) is 0 Å². The van der Waals surface area contributed by atoms with E-state index in [4.69, 9.17) is 15.2 Å². The van der Waals surface area contributed by atoms with E-state index in [2.05, 4.69) is 4.98 Å². The van der Waals surface area contributed by atoms with Gasteiger partial charge in [0.25, 0.3) is 11.7 Å². The van der Waals surface area contributed by atoms with Crippen molar-refractivity contribution >= 4 is 23.2 Å². The highest BCUT2D eigenvalue weighted by atomic mass is 16.6. The molecule has 0 aliphatic carbocycles. The number of hydrogen-bond acceptors (Lipinski definition) is 7. The third-order valence-electron chi connectivity index (χ3n) is 4.12. The summed E-state index contributed by atoms with van der Waals surface area (Å²) in [7, 11) is 0. The molecule has 1 aliphatic heterocycles.